The van der Waals surface area contributed by atoms with Crippen molar-refractivity contribution in [3.63, 3.8) is 0 Å². The molecule has 2 N–H and O–H groups in total. The van der Waals surface area contributed by atoms with Crippen LogP contribution in [0, 0.1) is 17.3 Å². The van der Waals surface area contributed by atoms with Gasteiger partial charge in [0.05, 0.1) is 11.5 Å². The van der Waals surface area contributed by atoms with Gasteiger partial charge in [-0.1, -0.05) is 19.1 Å². The summed E-state index contributed by atoms with van der Waals surface area (Å²) < 4.78 is 6.23. The molecular formula is C17H19NO4. The lowest BCUT2D eigenvalue weighted by Crippen LogP contribution is -2.68. The van der Waals surface area contributed by atoms with Crippen molar-refractivity contribution in [3.8, 4) is 5.75 Å². The summed E-state index contributed by atoms with van der Waals surface area (Å²) in [7, 11) is 0. The number of fused-ring (bicyclic) bond motifs is 3. The van der Waals surface area contributed by atoms with E-state index in [1.54, 1.807) is 6.07 Å². The molecule has 1 aromatic rings. The summed E-state index contributed by atoms with van der Waals surface area (Å²) in [6, 6.07) is 7.23. The summed E-state index contributed by atoms with van der Waals surface area (Å²) in [6.45, 7) is 2.01. The van der Waals surface area contributed by atoms with E-state index in [0.29, 0.717) is 24.2 Å². The van der Waals surface area contributed by atoms with E-state index in [-0.39, 0.29) is 23.2 Å². The van der Waals surface area contributed by atoms with Crippen molar-refractivity contribution in [2.75, 3.05) is 0 Å². The first-order valence-corrected chi connectivity index (χ1v) is 7.77. The Labute approximate surface area is 128 Å². The van der Waals surface area contributed by atoms with E-state index in [4.69, 9.17) is 4.74 Å². The SMILES string of the molecule is C[C@]12CC[C@@H](C[C@@H]1C(=O)O)[C@@]1(C2)NC(=O)c2ccccc2O1. The van der Waals surface area contributed by atoms with Crippen LogP contribution < -0.4 is 10.1 Å². The number of carbonyl (C=O) groups excluding carboxylic acids is 1. The first kappa shape index (κ1) is 13.6. The molecule has 3 fully saturated rings. The van der Waals surface area contributed by atoms with Crippen LogP contribution in [0.1, 0.15) is 43.0 Å². The van der Waals surface area contributed by atoms with Gasteiger partial charge >= 0.3 is 5.97 Å². The third-order valence-corrected chi connectivity index (χ3v) is 5.80. The Morgan fingerprint density at radius 2 is 2.18 bits per heavy atom. The second-order valence-corrected chi connectivity index (χ2v) is 7.13. The molecule has 1 amide bonds. The van der Waals surface area contributed by atoms with Gasteiger partial charge in [0.2, 0.25) is 0 Å². The fourth-order valence-electron chi connectivity index (χ4n) is 4.63. The zero-order valence-electron chi connectivity index (χ0n) is 12.5. The Bertz CT molecular complexity index is 672. The van der Waals surface area contributed by atoms with Gasteiger partial charge in [-0.15, -0.1) is 0 Å². The topological polar surface area (TPSA) is 75.6 Å². The highest BCUT2D eigenvalue weighted by atomic mass is 16.5. The number of hydrogen-bond acceptors (Lipinski definition) is 3. The minimum absolute atomic E-state index is 0.0488. The molecule has 1 aliphatic heterocycles. The van der Waals surface area contributed by atoms with Gasteiger partial charge in [0.25, 0.3) is 5.91 Å². The summed E-state index contributed by atoms with van der Waals surface area (Å²) in [4.78, 5) is 24.0. The summed E-state index contributed by atoms with van der Waals surface area (Å²) in [5, 5.41) is 12.5. The lowest BCUT2D eigenvalue weighted by Gasteiger charge is -2.59. The molecule has 2 bridgehead atoms. The van der Waals surface area contributed by atoms with Crippen LogP contribution in [0.2, 0.25) is 0 Å². The predicted octanol–water partition coefficient (Wildman–Crippen LogP) is 2.42. The van der Waals surface area contributed by atoms with Gasteiger partial charge in [-0.3, -0.25) is 9.59 Å². The average molecular weight is 301 g/mol. The molecule has 4 atom stereocenters. The normalized spacial score (nSPS) is 39.0. The van der Waals surface area contributed by atoms with Crippen LogP contribution in [-0.2, 0) is 4.79 Å². The Kier molecular flexibility index (Phi) is 2.63. The maximum atomic E-state index is 12.4. The highest BCUT2D eigenvalue weighted by Gasteiger charge is 2.62. The molecule has 0 unspecified atom stereocenters. The van der Waals surface area contributed by atoms with Gasteiger partial charge in [-0.05, 0) is 36.8 Å². The Balaban J connectivity index is 1.73. The maximum Gasteiger partial charge on any atom is 0.307 e. The number of amides is 1. The number of carboxylic acids is 1. The predicted molar refractivity (Wildman–Crippen MR) is 78.5 cm³/mol. The van der Waals surface area contributed by atoms with E-state index in [1.165, 1.54) is 0 Å². The standard InChI is InChI=1S/C17H19NO4/c1-16-7-6-10(8-12(16)15(20)21)17(9-16)18-14(19)11-4-2-3-5-13(11)22-17/h2-5,10,12H,6-9H2,1H3,(H,18,19)(H,20,21)/t10-,12+,16+,17-/m0/s1. The first-order valence-electron chi connectivity index (χ1n) is 7.77. The first-order chi connectivity index (χ1) is 10.4. The van der Waals surface area contributed by atoms with E-state index < -0.39 is 11.7 Å². The average Bonchev–Trinajstić information content (AvgIpc) is 2.46. The minimum atomic E-state index is -0.746. The number of nitrogens with one attached hydrogen (secondary N) is 1. The molecule has 5 heteroatoms. The number of carboxylic acid groups (broad SMARTS) is 1. The van der Waals surface area contributed by atoms with Crippen molar-refractivity contribution in [3.05, 3.63) is 29.8 Å². The Hall–Kier alpha value is -2.04. The van der Waals surface area contributed by atoms with Crippen molar-refractivity contribution in [2.45, 2.75) is 38.3 Å². The van der Waals surface area contributed by atoms with E-state index in [0.717, 1.165) is 12.8 Å². The molecule has 22 heavy (non-hydrogen) atoms. The summed E-state index contributed by atoms with van der Waals surface area (Å²) in [5.41, 5.74) is -0.528. The molecule has 3 aliphatic carbocycles. The van der Waals surface area contributed by atoms with Gasteiger partial charge in [0, 0.05) is 12.3 Å². The molecular weight excluding hydrogens is 282 g/mol. The van der Waals surface area contributed by atoms with Crippen molar-refractivity contribution >= 4 is 11.9 Å². The number of para-hydroxylation sites is 1. The largest absolute Gasteiger partial charge is 0.481 e. The Morgan fingerprint density at radius 1 is 1.41 bits per heavy atom. The van der Waals surface area contributed by atoms with Crippen molar-refractivity contribution in [2.24, 2.45) is 17.3 Å². The number of aliphatic carboxylic acids is 1. The fraction of sp³-hybridized carbons (Fsp3) is 0.529. The molecule has 116 valence electrons. The summed E-state index contributed by atoms with van der Waals surface area (Å²) in [6.07, 6.45) is 2.88. The summed E-state index contributed by atoms with van der Waals surface area (Å²) in [5.74, 6) is -0.550. The molecule has 1 heterocycles. The molecule has 4 aliphatic rings. The smallest absolute Gasteiger partial charge is 0.307 e. The number of benzene rings is 1. The van der Waals surface area contributed by atoms with E-state index in [1.807, 2.05) is 25.1 Å². The molecule has 0 radical (unpaired) electrons. The lowest BCUT2D eigenvalue weighted by atomic mass is 9.52. The van der Waals surface area contributed by atoms with E-state index >= 15 is 0 Å². The van der Waals surface area contributed by atoms with Gasteiger partial charge < -0.3 is 15.2 Å². The monoisotopic (exact) mass is 301 g/mol. The molecule has 0 aromatic heterocycles. The quantitative estimate of drug-likeness (QED) is 0.835. The molecule has 0 saturated heterocycles. The van der Waals surface area contributed by atoms with Crippen LogP contribution in [-0.4, -0.2) is 22.7 Å². The maximum absolute atomic E-state index is 12.4. The van der Waals surface area contributed by atoms with Crippen LogP contribution in [0.3, 0.4) is 0 Å². The number of carbonyl (C=O) groups is 2. The second kappa shape index (κ2) is 4.24. The van der Waals surface area contributed by atoms with E-state index in [9.17, 15) is 14.7 Å². The van der Waals surface area contributed by atoms with Gasteiger partial charge in [0.15, 0.2) is 5.72 Å². The molecule has 5 rings (SSSR count). The number of rotatable bonds is 1. The molecule has 5 nitrogen and oxygen atoms in total. The van der Waals surface area contributed by atoms with Crippen molar-refractivity contribution < 1.29 is 19.4 Å². The fourth-order valence-corrected chi connectivity index (χ4v) is 4.63. The Morgan fingerprint density at radius 3 is 2.91 bits per heavy atom. The molecule has 3 saturated carbocycles. The van der Waals surface area contributed by atoms with Crippen LogP contribution in [0.15, 0.2) is 24.3 Å². The van der Waals surface area contributed by atoms with Crippen LogP contribution >= 0.6 is 0 Å². The van der Waals surface area contributed by atoms with Crippen LogP contribution in [0.25, 0.3) is 0 Å². The van der Waals surface area contributed by atoms with Gasteiger partial charge in [0.1, 0.15) is 5.75 Å². The zero-order valence-corrected chi connectivity index (χ0v) is 12.5. The molecule has 1 spiro atoms. The van der Waals surface area contributed by atoms with Crippen molar-refractivity contribution in [1.29, 1.82) is 0 Å². The van der Waals surface area contributed by atoms with Gasteiger partial charge in [-0.25, -0.2) is 0 Å². The third-order valence-electron chi connectivity index (χ3n) is 5.80. The van der Waals surface area contributed by atoms with Gasteiger partial charge in [-0.2, -0.15) is 0 Å². The van der Waals surface area contributed by atoms with E-state index in [2.05, 4.69) is 5.32 Å². The number of ether oxygens (including phenoxy) is 1. The highest BCUT2D eigenvalue weighted by Crippen LogP contribution is 2.58. The van der Waals surface area contributed by atoms with Crippen LogP contribution in [0.5, 0.6) is 5.75 Å². The van der Waals surface area contributed by atoms with Crippen LogP contribution in [0.4, 0.5) is 0 Å². The zero-order chi connectivity index (χ0) is 15.5. The number of hydrogen-bond donors (Lipinski definition) is 2. The minimum Gasteiger partial charge on any atom is -0.481 e. The second-order valence-electron chi connectivity index (χ2n) is 7.13. The third kappa shape index (κ3) is 1.71. The highest BCUT2D eigenvalue weighted by molar-refractivity contribution is 5.98. The summed E-state index contributed by atoms with van der Waals surface area (Å²) >= 11 is 0. The lowest BCUT2D eigenvalue weighted by molar-refractivity contribution is -0.178. The molecule has 1 aromatic carbocycles. The van der Waals surface area contributed by atoms with Crippen molar-refractivity contribution in [1.82, 2.24) is 5.32 Å².